The molecule has 0 aliphatic rings. The van der Waals surface area contributed by atoms with Crippen molar-refractivity contribution in [1.29, 1.82) is 0 Å². The molecule has 0 spiro atoms. The second-order valence-electron chi connectivity index (χ2n) is 8.60. The molecule has 0 bridgehead atoms. The molecular formula is C36H55Cl2NO4. The predicted octanol–water partition coefficient (Wildman–Crippen LogP) is 11.3. The van der Waals surface area contributed by atoms with Crippen LogP contribution in [0.3, 0.4) is 0 Å². The van der Waals surface area contributed by atoms with Crippen LogP contribution in [0.2, 0.25) is 5.02 Å². The first-order valence-electron chi connectivity index (χ1n) is 15.0. The molecule has 43 heavy (non-hydrogen) atoms. The van der Waals surface area contributed by atoms with E-state index in [0.717, 1.165) is 24.2 Å². The number of halogens is 2. The van der Waals surface area contributed by atoms with Crippen LogP contribution in [0.4, 0.5) is 0 Å². The summed E-state index contributed by atoms with van der Waals surface area (Å²) in [7, 11) is 0. The van der Waals surface area contributed by atoms with Gasteiger partial charge in [0.2, 0.25) is 5.75 Å². The molecule has 0 N–H and O–H groups in total. The minimum absolute atomic E-state index is 0.0762. The topological polar surface area (TPSA) is 57.1 Å². The molecule has 0 saturated heterocycles. The third-order valence-electron chi connectivity index (χ3n) is 4.73. The van der Waals surface area contributed by atoms with E-state index in [4.69, 9.17) is 30.6 Å². The van der Waals surface area contributed by atoms with Gasteiger partial charge in [-0.1, -0.05) is 108 Å². The van der Waals surface area contributed by atoms with E-state index in [1.165, 1.54) is 0 Å². The van der Waals surface area contributed by atoms with Gasteiger partial charge in [-0.15, -0.1) is 0 Å². The van der Waals surface area contributed by atoms with E-state index >= 15 is 0 Å². The number of carbonyl (C=O) groups is 1. The van der Waals surface area contributed by atoms with Gasteiger partial charge in [0.05, 0.1) is 23.9 Å². The number of allylic oxidation sites excluding steroid dienone is 9. The fraction of sp³-hybridized carbons (Fsp3) is 0.444. The molecule has 5 nitrogen and oxygen atoms in total. The maximum atomic E-state index is 8.57. The van der Waals surface area contributed by atoms with Gasteiger partial charge >= 0.3 is 0 Å². The summed E-state index contributed by atoms with van der Waals surface area (Å²) in [5.74, 6) is 2.18. The molecular weight excluding hydrogens is 581 g/mol. The average Bonchev–Trinajstić information content (AvgIpc) is 2.99. The molecule has 0 aromatic heterocycles. The maximum Gasteiger partial charge on any atom is 0.208 e. The zero-order chi connectivity index (χ0) is 33.1. The summed E-state index contributed by atoms with van der Waals surface area (Å²) < 4.78 is 17.6. The number of ether oxygens (including phenoxy) is 3. The van der Waals surface area contributed by atoms with Gasteiger partial charge in [-0.3, -0.25) is 9.79 Å². The number of hydrogen-bond acceptors (Lipinski definition) is 5. The Hall–Kier alpha value is -3.02. The predicted molar refractivity (Wildman–Crippen MR) is 190 cm³/mol. The molecule has 1 rings (SSSR count). The minimum Gasteiger partial charge on any atom is -0.496 e. The van der Waals surface area contributed by atoms with Gasteiger partial charge in [0.25, 0.3) is 0 Å². The normalized spacial score (nSPS) is 12.3. The molecule has 1 aromatic rings. The van der Waals surface area contributed by atoms with Crippen LogP contribution in [0.15, 0.2) is 96.0 Å². The van der Waals surface area contributed by atoms with E-state index in [2.05, 4.69) is 49.5 Å². The standard InChI is InChI=1S/C31H42ClNO3.2C2H6.CHClO/c1-6-8-9-10-11-12-13-20-33-21-23-35-29(16-7-2)18-15-22-34-25-28-17-14-19-30(32)31(28)36-27(5)24-26(3)4;2*1-2;2-1-3/h6-8,10-19,21-22,26-27H,9,20,23-25H2,1-5H3;2*1-2H3;1H/b8-6-,11-10-,13-12-,16-7-,22-15+,29-18+,33-21?;;;. The van der Waals surface area contributed by atoms with Crippen LogP contribution in [0.1, 0.15) is 80.7 Å². The molecule has 0 aliphatic heterocycles. The Bertz CT molecular complexity index is 993. The van der Waals surface area contributed by atoms with Gasteiger partial charge in [0.15, 0.2) is 0 Å². The second kappa shape index (κ2) is 35.2. The first kappa shape index (κ1) is 44.4. The van der Waals surface area contributed by atoms with Crippen LogP contribution < -0.4 is 4.74 Å². The van der Waals surface area contributed by atoms with Crippen molar-refractivity contribution in [3.8, 4) is 5.75 Å². The Labute approximate surface area is 272 Å². The van der Waals surface area contributed by atoms with Crippen molar-refractivity contribution < 1.29 is 19.0 Å². The molecule has 0 heterocycles. The maximum absolute atomic E-state index is 8.57. The van der Waals surface area contributed by atoms with E-state index < -0.39 is 0 Å². The van der Waals surface area contributed by atoms with Crippen LogP contribution in [0.25, 0.3) is 0 Å². The van der Waals surface area contributed by atoms with Crippen LogP contribution >= 0.6 is 23.2 Å². The number of hydrogen-bond donors (Lipinski definition) is 0. The first-order valence-corrected chi connectivity index (χ1v) is 15.8. The Kier molecular flexibility index (Phi) is 36.3. The van der Waals surface area contributed by atoms with Crippen LogP contribution in [-0.2, 0) is 20.9 Å². The highest BCUT2D eigenvalue weighted by Gasteiger charge is 2.13. The molecule has 0 radical (unpaired) electrons. The lowest BCUT2D eigenvalue weighted by atomic mass is 10.1. The van der Waals surface area contributed by atoms with E-state index in [0.29, 0.717) is 36.4 Å². The zero-order valence-corrected chi connectivity index (χ0v) is 29.3. The van der Waals surface area contributed by atoms with Crippen molar-refractivity contribution in [2.24, 2.45) is 10.9 Å². The summed E-state index contributed by atoms with van der Waals surface area (Å²) in [6.07, 6.45) is 25.2. The largest absolute Gasteiger partial charge is 0.496 e. The zero-order valence-electron chi connectivity index (χ0n) is 27.8. The van der Waals surface area contributed by atoms with Crippen LogP contribution in [0.5, 0.6) is 5.75 Å². The first-order chi connectivity index (χ1) is 20.9. The highest BCUT2D eigenvalue weighted by molar-refractivity contribution is 6.54. The average molecular weight is 637 g/mol. The Morgan fingerprint density at radius 3 is 2.28 bits per heavy atom. The van der Waals surface area contributed by atoms with Crippen LogP contribution in [0, 0.1) is 5.92 Å². The molecule has 0 amide bonds. The molecule has 242 valence electrons. The van der Waals surface area contributed by atoms with Crippen molar-refractivity contribution >= 4 is 35.2 Å². The second-order valence-corrected chi connectivity index (χ2v) is 9.19. The van der Waals surface area contributed by atoms with Crippen molar-refractivity contribution in [1.82, 2.24) is 0 Å². The van der Waals surface area contributed by atoms with Gasteiger partial charge in [0.1, 0.15) is 24.7 Å². The van der Waals surface area contributed by atoms with Crippen molar-refractivity contribution in [2.45, 2.75) is 87.9 Å². The summed E-state index contributed by atoms with van der Waals surface area (Å²) in [6, 6.07) is 5.71. The Morgan fingerprint density at radius 2 is 1.65 bits per heavy atom. The summed E-state index contributed by atoms with van der Waals surface area (Å²) in [4.78, 5) is 12.9. The minimum atomic E-state index is 0.0762. The van der Waals surface area contributed by atoms with E-state index in [1.54, 1.807) is 12.5 Å². The highest BCUT2D eigenvalue weighted by Crippen LogP contribution is 2.31. The highest BCUT2D eigenvalue weighted by atomic mass is 35.5. The Balaban J connectivity index is -0.00000210. The molecule has 0 fully saturated rings. The lowest BCUT2D eigenvalue weighted by Crippen LogP contribution is -2.15. The third kappa shape index (κ3) is 28.9. The lowest BCUT2D eigenvalue weighted by Gasteiger charge is -2.20. The number of benzene rings is 1. The molecule has 1 aromatic carbocycles. The number of rotatable bonds is 17. The summed E-state index contributed by atoms with van der Waals surface area (Å²) >= 11 is 10.7. The Morgan fingerprint density at radius 1 is 0.977 bits per heavy atom. The fourth-order valence-electron chi connectivity index (χ4n) is 3.19. The van der Waals surface area contributed by atoms with Gasteiger partial charge in [-0.05, 0) is 75.4 Å². The lowest BCUT2D eigenvalue weighted by molar-refractivity contribution is 0.181. The van der Waals surface area contributed by atoms with Gasteiger partial charge < -0.3 is 14.2 Å². The van der Waals surface area contributed by atoms with Crippen molar-refractivity contribution in [3.63, 3.8) is 0 Å². The summed E-state index contributed by atoms with van der Waals surface area (Å²) in [5.41, 5.74) is 0.912. The monoisotopic (exact) mass is 635 g/mol. The number of para-hydroxylation sites is 1. The van der Waals surface area contributed by atoms with E-state index in [9.17, 15) is 0 Å². The van der Waals surface area contributed by atoms with Gasteiger partial charge in [0, 0.05) is 11.8 Å². The van der Waals surface area contributed by atoms with Crippen LogP contribution in [-0.4, -0.2) is 31.2 Å². The van der Waals surface area contributed by atoms with Crippen molar-refractivity contribution in [2.75, 3.05) is 13.2 Å². The molecule has 0 aliphatic carbocycles. The number of carbonyl (C=O) groups excluding carboxylic acids is 1. The fourth-order valence-corrected chi connectivity index (χ4v) is 3.43. The molecule has 0 saturated carbocycles. The number of aliphatic imine (C=N–C) groups is 1. The molecule has 1 unspecified atom stereocenters. The number of nitrogens with zero attached hydrogens (tertiary/aromatic N) is 1. The summed E-state index contributed by atoms with van der Waals surface area (Å²) in [6.45, 7) is 19.8. The summed E-state index contributed by atoms with van der Waals surface area (Å²) in [5, 5.41) is 0.595. The molecule has 7 heteroatoms. The molecule has 1 atom stereocenters. The third-order valence-corrected chi connectivity index (χ3v) is 5.03. The van der Waals surface area contributed by atoms with Gasteiger partial charge in [-0.2, -0.15) is 0 Å². The van der Waals surface area contributed by atoms with Crippen molar-refractivity contribution in [3.05, 3.63) is 102 Å². The smallest absolute Gasteiger partial charge is 0.208 e. The van der Waals surface area contributed by atoms with E-state index in [-0.39, 0.29) is 11.8 Å². The quantitative estimate of drug-likeness (QED) is 0.0426. The van der Waals surface area contributed by atoms with E-state index in [1.807, 2.05) is 108 Å². The SMILES string of the molecule is C/C=C\C/C=C\C=C/CN=CCOC(/C=C\C)=C/C=C/OCc1cccc(Cl)c1OC(C)CC(C)C.CC.CC.O=CCl. The van der Waals surface area contributed by atoms with Gasteiger partial charge in [-0.25, -0.2) is 0 Å².